The Morgan fingerprint density at radius 1 is 1.50 bits per heavy atom. The standard InChI is InChI=1S/C13H16ClFO/c1-13(8-16,10-2-3-10)7-9-6-11(15)4-5-12(9)14/h4-6,10,16H,2-3,7-8H2,1H3. The summed E-state index contributed by atoms with van der Waals surface area (Å²) in [5.41, 5.74) is 0.641. The molecule has 1 aromatic rings. The summed E-state index contributed by atoms with van der Waals surface area (Å²) in [4.78, 5) is 0. The van der Waals surface area contributed by atoms with Crippen LogP contribution < -0.4 is 0 Å². The third kappa shape index (κ3) is 2.38. The van der Waals surface area contributed by atoms with Crippen molar-refractivity contribution >= 4 is 11.6 Å². The van der Waals surface area contributed by atoms with Crippen LogP contribution in [0.5, 0.6) is 0 Å². The van der Waals surface area contributed by atoms with Crippen LogP contribution in [-0.2, 0) is 6.42 Å². The van der Waals surface area contributed by atoms with Gasteiger partial charge in [-0.3, -0.25) is 0 Å². The molecule has 1 unspecified atom stereocenters. The van der Waals surface area contributed by atoms with E-state index in [4.69, 9.17) is 11.6 Å². The summed E-state index contributed by atoms with van der Waals surface area (Å²) in [5, 5.41) is 10.1. The fourth-order valence-electron chi connectivity index (χ4n) is 2.22. The molecule has 1 aromatic carbocycles. The molecular formula is C13H16ClFO. The fourth-order valence-corrected chi connectivity index (χ4v) is 2.41. The first-order valence-corrected chi connectivity index (χ1v) is 5.98. The Labute approximate surface area is 100 Å². The van der Waals surface area contributed by atoms with Crippen molar-refractivity contribution in [2.45, 2.75) is 26.2 Å². The van der Waals surface area contributed by atoms with Crippen molar-refractivity contribution in [3.63, 3.8) is 0 Å². The highest BCUT2D eigenvalue weighted by atomic mass is 35.5. The van der Waals surface area contributed by atoms with E-state index in [1.807, 2.05) is 6.92 Å². The second kappa shape index (κ2) is 4.34. The van der Waals surface area contributed by atoms with Gasteiger partial charge in [-0.05, 0) is 54.4 Å². The number of aliphatic hydroxyl groups is 1. The van der Waals surface area contributed by atoms with E-state index in [9.17, 15) is 9.50 Å². The van der Waals surface area contributed by atoms with Crippen molar-refractivity contribution in [2.24, 2.45) is 11.3 Å². The summed E-state index contributed by atoms with van der Waals surface area (Å²) in [6.07, 6.45) is 2.96. The van der Waals surface area contributed by atoms with Crippen LogP contribution in [0.3, 0.4) is 0 Å². The minimum absolute atomic E-state index is 0.129. The molecule has 0 aromatic heterocycles. The van der Waals surface area contributed by atoms with Gasteiger partial charge in [-0.2, -0.15) is 0 Å². The van der Waals surface area contributed by atoms with E-state index >= 15 is 0 Å². The van der Waals surface area contributed by atoms with Crippen molar-refractivity contribution < 1.29 is 9.50 Å². The number of hydrogen-bond acceptors (Lipinski definition) is 1. The van der Waals surface area contributed by atoms with E-state index in [2.05, 4.69) is 0 Å². The Hall–Kier alpha value is -0.600. The van der Waals surface area contributed by atoms with Crippen LogP contribution in [0.1, 0.15) is 25.3 Å². The van der Waals surface area contributed by atoms with E-state index in [1.54, 1.807) is 6.07 Å². The summed E-state index contributed by atoms with van der Waals surface area (Å²) in [6, 6.07) is 4.41. The van der Waals surface area contributed by atoms with Gasteiger partial charge in [0.1, 0.15) is 5.82 Å². The molecule has 1 atom stereocenters. The van der Waals surface area contributed by atoms with Gasteiger partial charge >= 0.3 is 0 Å². The zero-order chi connectivity index (χ0) is 11.8. The fraction of sp³-hybridized carbons (Fsp3) is 0.538. The highest BCUT2D eigenvalue weighted by molar-refractivity contribution is 6.31. The summed E-state index contributed by atoms with van der Waals surface area (Å²) >= 11 is 6.04. The van der Waals surface area contributed by atoms with E-state index in [1.165, 1.54) is 12.1 Å². The maximum absolute atomic E-state index is 13.1. The molecule has 0 aliphatic heterocycles. The van der Waals surface area contributed by atoms with Crippen LogP contribution in [0.25, 0.3) is 0 Å². The molecule has 0 saturated heterocycles. The van der Waals surface area contributed by atoms with E-state index < -0.39 is 0 Å². The zero-order valence-electron chi connectivity index (χ0n) is 9.34. The first-order chi connectivity index (χ1) is 7.55. The molecule has 0 heterocycles. The first-order valence-electron chi connectivity index (χ1n) is 5.60. The number of hydrogen-bond donors (Lipinski definition) is 1. The molecule has 1 nitrogen and oxygen atoms in total. The maximum atomic E-state index is 13.1. The highest BCUT2D eigenvalue weighted by Gasteiger charge is 2.41. The van der Waals surface area contributed by atoms with Crippen LogP contribution in [0.4, 0.5) is 4.39 Å². The molecule has 0 bridgehead atoms. The smallest absolute Gasteiger partial charge is 0.123 e. The minimum Gasteiger partial charge on any atom is -0.396 e. The van der Waals surface area contributed by atoms with Gasteiger partial charge in [-0.1, -0.05) is 18.5 Å². The lowest BCUT2D eigenvalue weighted by Gasteiger charge is -2.27. The molecule has 2 rings (SSSR count). The maximum Gasteiger partial charge on any atom is 0.123 e. The zero-order valence-corrected chi connectivity index (χ0v) is 10.1. The SMILES string of the molecule is CC(CO)(Cc1cc(F)ccc1Cl)C1CC1. The second-order valence-corrected chi connectivity index (χ2v) is 5.41. The van der Waals surface area contributed by atoms with Crippen molar-refractivity contribution in [2.75, 3.05) is 6.61 Å². The van der Waals surface area contributed by atoms with Crippen molar-refractivity contribution in [3.05, 3.63) is 34.6 Å². The van der Waals surface area contributed by atoms with Crippen LogP contribution in [0.2, 0.25) is 5.02 Å². The van der Waals surface area contributed by atoms with Gasteiger partial charge in [-0.15, -0.1) is 0 Å². The molecule has 0 spiro atoms. The van der Waals surface area contributed by atoms with Crippen molar-refractivity contribution in [3.8, 4) is 0 Å². The summed E-state index contributed by atoms with van der Waals surface area (Å²) < 4.78 is 13.1. The molecule has 16 heavy (non-hydrogen) atoms. The average molecular weight is 243 g/mol. The molecule has 1 saturated carbocycles. The molecule has 1 aliphatic carbocycles. The normalized spacial score (nSPS) is 19.5. The van der Waals surface area contributed by atoms with Crippen LogP contribution in [0, 0.1) is 17.2 Å². The number of benzene rings is 1. The van der Waals surface area contributed by atoms with Gasteiger partial charge in [0.15, 0.2) is 0 Å². The topological polar surface area (TPSA) is 20.2 Å². The predicted octanol–water partition coefficient (Wildman–Crippen LogP) is 3.43. The van der Waals surface area contributed by atoms with Crippen molar-refractivity contribution in [1.29, 1.82) is 0 Å². The minimum atomic E-state index is -0.268. The second-order valence-electron chi connectivity index (χ2n) is 5.00. The third-order valence-corrected chi connectivity index (χ3v) is 3.89. The molecule has 0 amide bonds. The lowest BCUT2D eigenvalue weighted by Crippen LogP contribution is -2.27. The van der Waals surface area contributed by atoms with Crippen LogP contribution in [-0.4, -0.2) is 11.7 Å². The Morgan fingerprint density at radius 3 is 2.75 bits per heavy atom. The van der Waals surface area contributed by atoms with E-state index in [-0.39, 0.29) is 17.8 Å². The number of halogens is 2. The molecule has 1 fully saturated rings. The van der Waals surface area contributed by atoms with Gasteiger partial charge < -0.3 is 5.11 Å². The van der Waals surface area contributed by atoms with Crippen LogP contribution in [0.15, 0.2) is 18.2 Å². The van der Waals surface area contributed by atoms with Crippen LogP contribution >= 0.6 is 11.6 Å². The molecule has 3 heteroatoms. The molecule has 1 aliphatic rings. The van der Waals surface area contributed by atoms with Gasteiger partial charge in [0.25, 0.3) is 0 Å². The summed E-state index contributed by atoms with van der Waals surface area (Å²) in [5.74, 6) is 0.285. The lowest BCUT2D eigenvalue weighted by atomic mass is 9.80. The van der Waals surface area contributed by atoms with Gasteiger partial charge in [0, 0.05) is 11.6 Å². The summed E-state index contributed by atoms with van der Waals surface area (Å²) in [6.45, 7) is 2.18. The highest BCUT2D eigenvalue weighted by Crippen LogP contribution is 2.47. The van der Waals surface area contributed by atoms with Gasteiger partial charge in [0.05, 0.1) is 0 Å². The lowest BCUT2D eigenvalue weighted by molar-refractivity contribution is 0.119. The number of rotatable bonds is 4. The van der Waals surface area contributed by atoms with Gasteiger partial charge in [0.2, 0.25) is 0 Å². The van der Waals surface area contributed by atoms with E-state index in [0.29, 0.717) is 17.4 Å². The Bertz CT molecular complexity index is 390. The Kier molecular flexibility index (Phi) is 3.22. The Balaban J connectivity index is 2.21. The molecular weight excluding hydrogens is 227 g/mol. The van der Waals surface area contributed by atoms with E-state index in [0.717, 1.165) is 18.4 Å². The average Bonchev–Trinajstić information content (AvgIpc) is 3.07. The predicted molar refractivity (Wildman–Crippen MR) is 63.0 cm³/mol. The monoisotopic (exact) mass is 242 g/mol. The molecule has 88 valence electrons. The largest absolute Gasteiger partial charge is 0.396 e. The first kappa shape index (κ1) is 11.9. The molecule has 1 N–H and O–H groups in total. The third-order valence-electron chi connectivity index (χ3n) is 3.53. The van der Waals surface area contributed by atoms with Gasteiger partial charge in [-0.25, -0.2) is 4.39 Å². The quantitative estimate of drug-likeness (QED) is 0.858. The Morgan fingerprint density at radius 2 is 2.19 bits per heavy atom. The number of aliphatic hydroxyl groups excluding tert-OH is 1. The molecule has 0 radical (unpaired) electrons. The summed E-state index contributed by atoms with van der Waals surface area (Å²) in [7, 11) is 0. The van der Waals surface area contributed by atoms with Crippen molar-refractivity contribution in [1.82, 2.24) is 0 Å².